The number of fused-ring (bicyclic) bond motifs is 1. The third-order valence-corrected chi connectivity index (χ3v) is 5.32. The smallest absolute Gasteiger partial charge is 0.341 e. The van der Waals surface area contributed by atoms with Crippen LogP contribution in [0.2, 0.25) is 0 Å². The molecule has 0 radical (unpaired) electrons. The second-order valence-electron chi connectivity index (χ2n) is 6.19. The van der Waals surface area contributed by atoms with E-state index in [1.807, 2.05) is 0 Å². The summed E-state index contributed by atoms with van der Waals surface area (Å²) in [5.74, 6) is -1.77. The lowest BCUT2D eigenvalue weighted by molar-refractivity contribution is 0.0598. The molecule has 30 heavy (non-hydrogen) atoms. The van der Waals surface area contributed by atoms with Crippen molar-refractivity contribution in [3.8, 4) is 5.69 Å². The van der Waals surface area contributed by atoms with Gasteiger partial charge in [-0.2, -0.15) is 0 Å². The van der Waals surface area contributed by atoms with E-state index >= 15 is 0 Å². The molecular formula is C21H14F2N2O4S. The third-order valence-electron chi connectivity index (χ3n) is 4.38. The van der Waals surface area contributed by atoms with Crippen LogP contribution in [0.15, 0.2) is 69.2 Å². The lowest BCUT2D eigenvalue weighted by Crippen LogP contribution is -2.22. The Morgan fingerprint density at radius 2 is 2.00 bits per heavy atom. The van der Waals surface area contributed by atoms with Crippen LogP contribution in [0, 0.1) is 11.6 Å². The Morgan fingerprint density at radius 3 is 2.77 bits per heavy atom. The van der Waals surface area contributed by atoms with Crippen LogP contribution < -0.4 is 5.56 Å². The number of halogens is 2. The number of rotatable bonds is 5. The number of thioether (sulfide) groups is 1. The first-order chi connectivity index (χ1) is 14.5. The van der Waals surface area contributed by atoms with Crippen molar-refractivity contribution in [3.63, 3.8) is 0 Å². The molecule has 0 saturated carbocycles. The minimum Gasteiger partial charge on any atom is -0.468 e. The molecule has 0 saturated heterocycles. The summed E-state index contributed by atoms with van der Waals surface area (Å²) in [4.78, 5) is 29.5. The minimum absolute atomic E-state index is 0.130. The standard InChI is InChI=1S/C21H14F2N2O4S/c1-28-20(27)14-8-9-29-18(14)11-30-21-24-16-5-3-2-4-13(16)19(26)25(21)17-7-6-12(22)10-15(17)23/h2-10H,11H2,1H3. The number of nitrogens with zero attached hydrogens (tertiary/aromatic N) is 2. The predicted molar refractivity (Wildman–Crippen MR) is 107 cm³/mol. The number of benzene rings is 2. The van der Waals surface area contributed by atoms with E-state index in [-0.39, 0.29) is 22.2 Å². The molecule has 0 N–H and O–H groups in total. The molecule has 0 aliphatic heterocycles. The van der Waals surface area contributed by atoms with E-state index in [0.717, 1.165) is 22.4 Å². The second-order valence-corrected chi connectivity index (χ2v) is 7.13. The fraction of sp³-hybridized carbons (Fsp3) is 0.0952. The van der Waals surface area contributed by atoms with Crippen LogP contribution >= 0.6 is 11.8 Å². The van der Waals surface area contributed by atoms with Crippen LogP contribution in [0.5, 0.6) is 0 Å². The number of methoxy groups -OCH3 is 1. The lowest BCUT2D eigenvalue weighted by Gasteiger charge is -2.13. The van der Waals surface area contributed by atoms with Gasteiger partial charge in [-0.15, -0.1) is 0 Å². The van der Waals surface area contributed by atoms with Crippen molar-refractivity contribution >= 4 is 28.6 Å². The van der Waals surface area contributed by atoms with E-state index in [2.05, 4.69) is 4.98 Å². The van der Waals surface area contributed by atoms with Gasteiger partial charge in [-0.25, -0.2) is 18.6 Å². The molecule has 4 rings (SSSR count). The first-order valence-corrected chi connectivity index (χ1v) is 9.73. The highest BCUT2D eigenvalue weighted by atomic mass is 32.2. The molecule has 2 aromatic heterocycles. The minimum atomic E-state index is -0.899. The molecule has 152 valence electrons. The van der Waals surface area contributed by atoms with E-state index < -0.39 is 23.2 Å². The normalized spacial score (nSPS) is 11.0. The molecule has 0 atom stereocenters. The fourth-order valence-corrected chi connectivity index (χ4v) is 3.92. The summed E-state index contributed by atoms with van der Waals surface area (Å²) in [6, 6.07) is 11.1. The molecule has 6 nitrogen and oxygen atoms in total. The average molecular weight is 428 g/mol. The van der Waals surface area contributed by atoms with Gasteiger partial charge in [0, 0.05) is 6.07 Å². The number of hydrogen-bond donors (Lipinski definition) is 0. The summed E-state index contributed by atoms with van der Waals surface area (Å²) in [7, 11) is 1.26. The number of hydrogen-bond acceptors (Lipinski definition) is 6. The number of carbonyl (C=O) groups excluding carboxylic acids is 1. The second kappa shape index (κ2) is 8.11. The maximum atomic E-state index is 14.5. The van der Waals surface area contributed by atoms with Crippen LogP contribution in [0.3, 0.4) is 0 Å². The molecule has 0 amide bonds. The number of furan rings is 1. The molecule has 0 aliphatic rings. The van der Waals surface area contributed by atoms with Gasteiger partial charge in [0.15, 0.2) is 5.16 Å². The van der Waals surface area contributed by atoms with Crippen molar-refractivity contribution in [1.29, 1.82) is 0 Å². The summed E-state index contributed by atoms with van der Waals surface area (Å²) in [6.45, 7) is 0. The van der Waals surface area contributed by atoms with Gasteiger partial charge in [-0.05, 0) is 30.3 Å². The quantitative estimate of drug-likeness (QED) is 0.268. The number of ether oxygens (including phenoxy) is 1. The zero-order valence-corrected chi connectivity index (χ0v) is 16.4. The summed E-state index contributed by atoms with van der Waals surface area (Å²) >= 11 is 1.07. The fourth-order valence-electron chi connectivity index (χ4n) is 2.96. The Hall–Kier alpha value is -3.46. The van der Waals surface area contributed by atoms with Gasteiger partial charge in [-0.3, -0.25) is 9.36 Å². The molecule has 0 spiro atoms. The predicted octanol–water partition coefficient (Wildman–Crippen LogP) is 4.34. The highest BCUT2D eigenvalue weighted by molar-refractivity contribution is 7.98. The number of esters is 1. The van der Waals surface area contributed by atoms with E-state index in [9.17, 15) is 18.4 Å². The van der Waals surface area contributed by atoms with Crippen LogP contribution in [-0.2, 0) is 10.5 Å². The number of aromatic nitrogens is 2. The number of para-hydroxylation sites is 1. The summed E-state index contributed by atoms with van der Waals surface area (Å²) < 4.78 is 39.1. The third kappa shape index (κ3) is 3.59. The van der Waals surface area contributed by atoms with Gasteiger partial charge in [-0.1, -0.05) is 23.9 Å². The van der Waals surface area contributed by atoms with Gasteiger partial charge >= 0.3 is 5.97 Å². The molecule has 2 aromatic carbocycles. The monoisotopic (exact) mass is 428 g/mol. The van der Waals surface area contributed by atoms with Crippen molar-refractivity contribution < 1.29 is 22.7 Å². The van der Waals surface area contributed by atoms with Gasteiger partial charge in [0.1, 0.15) is 23.0 Å². The topological polar surface area (TPSA) is 74.3 Å². The van der Waals surface area contributed by atoms with E-state index in [1.165, 1.54) is 25.5 Å². The van der Waals surface area contributed by atoms with E-state index in [4.69, 9.17) is 9.15 Å². The zero-order chi connectivity index (χ0) is 21.3. The van der Waals surface area contributed by atoms with Crippen LogP contribution in [0.1, 0.15) is 16.1 Å². The lowest BCUT2D eigenvalue weighted by atomic mass is 10.2. The summed E-state index contributed by atoms with van der Waals surface area (Å²) in [5, 5.41) is 0.454. The molecule has 0 bridgehead atoms. The Labute approximate surface area is 173 Å². The highest BCUT2D eigenvalue weighted by Gasteiger charge is 2.20. The average Bonchev–Trinajstić information content (AvgIpc) is 3.21. The first kappa shape index (κ1) is 19.8. The molecule has 9 heteroatoms. The van der Waals surface area contributed by atoms with Crippen molar-refractivity contribution in [2.24, 2.45) is 0 Å². The van der Waals surface area contributed by atoms with E-state index in [1.54, 1.807) is 24.3 Å². The first-order valence-electron chi connectivity index (χ1n) is 8.74. The van der Waals surface area contributed by atoms with Gasteiger partial charge in [0.05, 0.1) is 35.7 Å². The van der Waals surface area contributed by atoms with Gasteiger partial charge in [0.2, 0.25) is 0 Å². The maximum Gasteiger partial charge on any atom is 0.341 e. The molecule has 0 unspecified atom stereocenters. The molecule has 2 heterocycles. The van der Waals surface area contributed by atoms with E-state index in [0.29, 0.717) is 22.7 Å². The molecular weight excluding hydrogens is 414 g/mol. The maximum absolute atomic E-state index is 14.5. The van der Waals surface area contributed by atoms with Gasteiger partial charge < -0.3 is 9.15 Å². The Kier molecular flexibility index (Phi) is 5.37. The SMILES string of the molecule is COC(=O)c1ccoc1CSc1nc2ccccc2c(=O)n1-c1ccc(F)cc1F. The molecule has 4 aromatic rings. The van der Waals surface area contributed by atoms with Crippen LogP contribution in [-0.4, -0.2) is 22.6 Å². The molecule has 0 aliphatic carbocycles. The van der Waals surface area contributed by atoms with Crippen molar-refractivity contribution in [1.82, 2.24) is 9.55 Å². The Bertz CT molecular complexity index is 1320. The zero-order valence-electron chi connectivity index (χ0n) is 15.6. The number of carbonyl (C=O) groups is 1. The molecule has 0 fully saturated rings. The summed E-state index contributed by atoms with van der Waals surface area (Å²) in [5.41, 5.74) is 0.0417. The largest absolute Gasteiger partial charge is 0.468 e. The highest BCUT2D eigenvalue weighted by Crippen LogP contribution is 2.27. The Morgan fingerprint density at radius 1 is 1.20 bits per heavy atom. The van der Waals surface area contributed by atoms with Crippen molar-refractivity contribution in [3.05, 3.63) is 88.1 Å². The van der Waals surface area contributed by atoms with Gasteiger partial charge in [0.25, 0.3) is 5.56 Å². The van der Waals surface area contributed by atoms with Crippen LogP contribution in [0.4, 0.5) is 8.78 Å². The Balaban J connectivity index is 1.83. The van der Waals surface area contributed by atoms with Crippen molar-refractivity contribution in [2.45, 2.75) is 10.9 Å². The van der Waals surface area contributed by atoms with Crippen LogP contribution in [0.25, 0.3) is 16.6 Å². The summed E-state index contributed by atoms with van der Waals surface area (Å²) in [6.07, 6.45) is 1.35. The van der Waals surface area contributed by atoms with Crippen molar-refractivity contribution in [2.75, 3.05) is 7.11 Å².